The molecule has 7 heteroatoms. The van der Waals surface area contributed by atoms with E-state index in [4.69, 9.17) is 4.74 Å². The van der Waals surface area contributed by atoms with Crippen LogP contribution in [0.5, 0.6) is 5.75 Å². The maximum Gasteiger partial charge on any atom is 0.163 e. The smallest absolute Gasteiger partial charge is 0.163 e. The zero-order valence-corrected chi connectivity index (χ0v) is 14.4. The predicted octanol–water partition coefficient (Wildman–Crippen LogP) is 2.09. The minimum absolute atomic E-state index is 0.182. The molecule has 3 aromatic rings. The van der Waals surface area contributed by atoms with Crippen molar-refractivity contribution in [3.8, 4) is 5.75 Å². The summed E-state index contributed by atoms with van der Waals surface area (Å²) >= 11 is 0. The second-order valence-corrected chi connectivity index (χ2v) is 5.86. The lowest BCUT2D eigenvalue weighted by Gasteiger charge is -2.25. The summed E-state index contributed by atoms with van der Waals surface area (Å²) in [6, 6.07) is 8.31. The average molecular weight is 326 g/mol. The summed E-state index contributed by atoms with van der Waals surface area (Å²) in [4.78, 5) is 10.8. The first kappa shape index (κ1) is 16.2. The van der Waals surface area contributed by atoms with Gasteiger partial charge in [0.15, 0.2) is 5.65 Å². The predicted molar refractivity (Wildman–Crippen MR) is 94.2 cm³/mol. The molecular weight excluding hydrogens is 304 g/mol. The zero-order valence-electron chi connectivity index (χ0n) is 14.4. The van der Waals surface area contributed by atoms with Gasteiger partial charge in [-0.1, -0.05) is 12.1 Å². The van der Waals surface area contributed by atoms with E-state index in [1.54, 1.807) is 24.3 Å². The Morgan fingerprint density at radius 3 is 2.88 bits per heavy atom. The number of rotatable bonds is 6. The van der Waals surface area contributed by atoms with E-state index in [1.165, 1.54) is 5.56 Å². The molecule has 2 aromatic heterocycles. The van der Waals surface area contributed by atoms with Gasteiger partial charge in [0.2, 0.25) is 0 Å². The third kappa shape index (κ3) is 3.16. The largest absolute Gasteiger partial charge is 0.497 e. The molecule has 1 N–H and O–H groups in total. The molecule has 24 heavy (non-hydrogen) atoms. The lowest BCUT2D eigenvalue weighted by Crippen LogP contribution is -2.27. The fourth-order valence-electron chi connectivity index (χ4n) is 2.74. The maximum atomic E-state index is 5.34. The Balaban J connectivity index is 1.83. The number of methoxy groups -OCH3 is 1. The van der Waals surface area contributed by atoms with Gasteiger partial charge in [-0.3, -0.25) is 4.68 Å². The molecule has 0 saturated heterocycles. The number of anilines is 1. The van der Waals surface area contributed by atoms with E-state index in [0.29, 0.717) is 6.54 Å². The van der Waals surface area contributed by atoms with Crippen molar-refractivity contribution in [1.82, 2.24) is 24.6 Å². The molecule has 0 spiro atoms. The number of aryl methyl sites for hydroxylation is 1. The molecule has 0 fully saturated rings. The first-order valence-electron chi connectivity index (χ1n) is 7.77. The molecule has 0 radical (unpaired) electrons. The zero-order chi connectivity index (χ0) is 17.1. The van der Waals surface area contributed by atoms with Crippen LogP contribution in [-0.2, 0) is 7.05 Å². The molecule has 7 nitrogen and oxygen atoms in total. The van der Waals surface area contributed by atoms with Gasteiger partial charge < -0.3 is 15.0 Å². The maximum absolute atomic E-state index is 5.34. The van der Waals surface area contributed by atoms with Crippen LogP contribution in [0.25, 0.3) is 11.0 Å². The highest BCUT2D eigenvalue weighted by molar-refractivity contribution is 5.85. The van der Waals surface area contributed by atoms with Crippen LogP contribution in [0.3, 0.4) is 0 Å². The van der Waals surface area contributed by atoms with E-state index < -0.39 is 0 Å². The highest BCUT2D eigenvalue weighted by atomic mass is 16.5. The van der Waals surface area contributed by atoms with E-state index in [1.807, 2.05) is 19.2 Å². The normalized spacial score (nSPS) is 12.5. The van der Waals surface area contributed by atoms with Crippen molar-refractivity contribution < 1.29 is 4.74 Å². The van der Waals surface area contributed by atoms with Gasteiger partial charge in [-0.25, -0.2) is 9.97 Å². The van der Waals surface area contributed by atoms with Gasteiger partial charge in [0.1, 0.15) is 17.9 Å². The van der Waals surface area contributed by atoms with Crippen molar-refractivity contribution in [2.24, 2.45) is 7.05 Å². The Morgan fingerprint density at radius 1 is 1.29 bits per heavy atom. The molecule has 0 bridgehead atoms. The van der Waals surface area contributed by atoms with Gasteiger partial charge in [-0.2, -0.15) is 5.10 Å². The highest BCUT2D eigenvalue weighted by Gasteiger charge is 2.16. The van der Waals surface area contributed by atoms with Crippen molar-refractivity contribution in [1.29, 1.82) is 0 Å². The summed E-state index contributed by atoms with van der Waals surface area (Å²) in [5.41, 5.74) is 2.00. The van der Waals surface area contributed by atoms with Crippen molar-refractivity contribution in [2.45, 2.75) is 6.04 Å². The number of fused-ring (bicyclic) bond motifs is 1. The lowest BCUT2D eigenvalue weighted by molar-refractivity contribution is 0.310. The van der Waals surface area contributed by atoms with Gasteiger partial charge >= 0.3 is 0 Å². The Hall–Kier alpha value is -2.67. The van der Waals surface area contributed by atoms with Gasteiger partial charge in [-0.05, 0) is 31.8 Å². The third-order valence-electron chi connectivity index (χ3n) is 4.09. The number of aromatic nitrogens is 4. The summed E-state index contributed by atoms with van der Waals surface area (Å²) < 4.78 is 7.08. The Labute approximate surface area is 141 Å². The van der Waals surface area contributed by atoms with Gasteiger partial charge in [0.05, 0.1) is 24.7 Å². The molecule has 0 aliphatic heterocycles. The number of nitrogens with zero attached hydrogens (tertiary/aromatic N) is 5. The summed E-state index contributed by atoms with van der Waals surface area (Å²) in [7, 11) is 7.68. The number of likely N-dealkylation sites (N-methyl/N-ethyl adjacent to an activating group) is 1. The van der Waals surface area contributed by atoms with Crippen LogP contribution in [0.4, 0.5) is 5.82 Å². The molecule has 1 unspecified atom stereocenters. The highest BCUT2D eigenvalue weighted by Crippen LogP contribution is 2.24. The minimum Gasteiger partial charge on any atom is -0.497 e. The molecule has 2 heterocycles. The van der Waals surface area contributed by atoms with Crippen molar-refractivity contribution >= 4 is 16.9 Å². The molecule has 0 aliphatic carbocycles. The molecular formula is C17H22N6O. The lowest BCUT2D eigenvalue weighted by atomic mass is 10.1. The number of ether oxygens (including phenoxy) is 1. The topological polar surface area (TPSA) is 68.1 Å². The number of nitrogens with one attached hydrogen (secondary N) is 1. The molecule has 126 valence electrons. The first-order valence-corrected chi connectivity index (χ1v) is 7.77. The Bertz CT molecular complexity index is 829. The van der Waals surface area contributed by atoms with Crippen LogP contribution >= 0.6 is 0 Å². The third-order valence-corrected chi connectivity index (χ3v) is 4.09. The van der Waals surface area contributed by atoms with Gasteiger partial charge in [-0.15, -0.1) is 0 Å². The second kappa shape index (κ2) is 6.84. The monoisotopic (exact) mass is 326 g/mol. The van der Waals surface area contributed by atoms with E-state index in [0.717, 1.165) is 22.6 Å². The fraction of sp³-hybridized carbons (Fsp3) is 0.353. The SMILES string of the molecule is COc1cccc(C(CNc2ncnc3c2cnn3C)N(C)C)c1. The number of benzene rings is 1. The first-order chi connectivity index (χ1) is 11.6. The molecule has 0 saturated carbocycles. The van der Waals surface area contributed by atoms with Crippen LogP contribution in [0.15, 0.2) is 36.8 Å². The quantitative estimate of drug-likeness (QED) is 0.748. The Morgan fingerprint density at radius 2 is 2.12 bits per heavy atom. The summed E-state index contributed by atoms with van der Waals surface area (Å²) in [5.74, 6) is 1.65. The summed E-state index contributed by atoms with van der Waals surface area (Å²) in [5, 5.41) is 8.60. The molecule has 1 aromatic carbocycles. The van der Waals surface area contributed by atoms with Crippen LogP contribution < -0.4 is 10.1 Å². The summed E-state index contributed by atoms with van der Waals surface area (Å²) in [6.45, 7) is 0.709. The van der Waals surface area contributed by atoms with Gasteiger partial charge in [0.25, 0.3) is 0 Å². The van der Waals surface area contributed by atoms with E-state index in [9.17, 15) is 0 Å². The average Bonchev–Trinajstić information content (AvgIpc) is 2.97. The van der Waals surface area contributed by atoms with Crippen LogP contribution in [0.2, 0.25) is 0 Å². The van der Waals surface area contributed by atoms with E-state index >= 15 is 0 Å². The van der Waals surface area contributed by atoms with Crippen molar-refractivity contribution in [3.63, 3.8) is 0 Å². The van der Waals surface area contributed by atoms with Crippen LogP contribution in [0.1, 0.15) is 11.6 Å². The standard InChI is InChI=1S/C17H22N6O/c1-22(2)15(12-6-5-7-13(8-12)24-4)10-18-16-14-9-21-23(3)17(14)20-11-19-16/h5-9,11,15H,10H2,1-4H3,(H,18,19,20). The molecule has 0 amide bonds. The number of hydrogen-bond donors (Lipinski definition) is 1. The van der Waals surface area contributed by atoms with E-state index in [-0.39, 0.29) is 6.04 Å². The number of hydrogen-bond acceptors (Lipinski definition) is 6. The van der Waals surface area contributed by atoms with Crippen molar-refractivity contribution in [2.75, 3.05) is 33.1 Å². The van der Waals surface area contributed by atoms with Crippen LogP contribution in [-0.4, -0.2) is 52.4 Å². The van der Waals surface area contributed by atoms with Crippen molar-refractivity contribution in [3.05, 3.63) is 42.4 Å². The van der Waals surface area contributed by atoms with Gasteiger partial charge in [0, 0.05) is 13.6 Å². The van der Waals surface area contributed by atoms with E-state index in [2.05, 4.69) is 51.5 Å². The Kier molecular flexibility index (Phi) is 4.61. The molecule has 0 aliphatic rings. The minimum atomic E-state index is 0.182. The summed E-state index contributed by atoms with van der Waals surface area (Å²) in [6.07, 6.45) is 3.34. The molecule has 3 rings (SSSR count). The fourth-order valence-corrected chi connectivity index (χ4v) is 2.74. The van der Waals surface area contributed by atoms with Crippen LogP contribution in [0, 0.1) is 0 Å². The molecule has 1 atom stereocenters. The second-order valence-electron chi connectivity index (χ2n) is 5.86.